The van der Waals surface area contributed by atoms with Crippen LogP contribution < -0.4 is 10.6 Å². The molecule has 0 spiro atoms. The summed E-state index contributed by atoms with van der Waals surface area (Å²) in [6.07, 6.45) is 8.17. The van der Waals surface area contributed by atoms with Crippen molar-refractivity contribution >= 4 is 46.4 Å². The number of carbonyl (C=O) groups excluding carboxylic acids is 2. The molecule has 3 aliphatic rings. The van der Waals surface area contributed by atoms with Crippen molar-refractivity contribution in [3.05, 3.63) is 93.2 Å². The number of nitrogens with one attached hydrogen (secondary N) is 2. The molecule has 220 valence electrons. The van der Waals surface area contributed by atoms with Crippen molar-refractivity contribution < 1.29 is 14.0 Å². The molecule has 1 saturated heterocycles. The van der Waals surface area contributed by atoms with Crippen molar-refractivity contribution in [3.63, 3.8) is 0 Å². The molecule has 6 rings (SSSR count). The molecule has 42 heavy (non-hydrogen) atoms. The number of anilines is 2. The van der Waals surface area contributed by atoms with Gasteiger partial charge in [0.2, 0.25) is 5.91 Å². The van der Waals surface area contributed by atoms with Gasteiger partial charge in [-0.2, -0.15) is 0 Å². The van der Waals surface area contributed by atoms with Crippen molar-refractivity contribution in [2.75, 3.05) is 10.6 Å². The van der Waals surface area contributed by atoms with Crippen LogP contribution in [0, 0.1) is 24.6 Å². The molecule has 0 aromatic heterocycles. The van der Waals surface area contributed by atoms with E-state index in [-0.39, 0.29) is 29.3 Å². The third-order valence-corrected chi connectivity index (χ3v) is 10.1. The van der Waals surface area contributed by atoms with E-state index in [0.717, 1.165) is 43.4 Å². The predicted molar refractivity (Wildman–Crippen MR) is 167 cm³/mol. The highest BCUT2D eigenvalue weighted by Crippen LogP contribution is 2.49. The van der Waals surface area contributed by atoms with E-state index < -0.39 is 17.8 Å². The summed E-state index contributed by atoms with van der Waals surface area (Å²) in [5.74, 6) is -1.46. The number of halogens is 3. The van der Waals surface area contributed by atoms with E-state index in [0.29, 0.717) is 33.8 Å². The van der Waals surface area contributed by atoms with Crippen LogP contribution in [-0.2, 0) is 4.79 Å². The molecule has 3 fully saturated rings. The number of amides is 2. The molecule has 5 nitrogen and oxygen atoms in total. The summed E-state index contributed by atoms with van der Waals surface area (Å²) in [7, 11) is 0. The maximum absolute atomic E-state index is 15.2. The Labute approximate surface area is 256 Å². The van der Waals surface area contributed by atoms with Crippen molar-refractivity contribution in [3.8, 4) is 0 Å². The Morgan fingerprint density at radius 3 is 2.33 bits per heavy atom. The Morgan fingerprint density at radius 2 is 1.62 bits per heavy atom. The van der Waals surface area contributed by atoms with Gasteiger partial charge in [-0.15, -0.1) is 0 Å². The first-order valence-corrected chi connectivity index (χ1v) is 15.8. The van der Waals surface area contributed by atoms with Gasteiger partial charge in [0.25, 0.3) is 5.91 Å². The second kappa shape index (κ2) is 12.3. The summed E-state index contributed by atoms with van der Waals surface area (Å²) in [4.78, 5) is 30.3. The van der Waals surface area contributed by atoms with Crippen LogP contribution in [0.4, 0.5) is 15.8 Å². The molecule has 2 amide bonds. The number of likely N-dealkylation sites (tertiary alicyclic amines) is 1. The van der Waals surface area contributed by atoms with E-state index in [4.69, 9.17) is 23.2 Å². The fourth-order valence-corrected chi connectivity index (χ4v) is 7.66. The number of fused-ring (bicyclic) bond motifs is 1. The van der Waals surface area contributed by atoms with E-state index >= 15 is 4.39 Å². The van der Waals surface area contributed by atoms with Crippen LogP contribution in [-0.4, -0.2) is 28.8 Å². The lowest BCUT2D eigenvalue weighted by atomic mass is 9.76. The zero-order chi connectivity index (χ0) is 29.4. The zero-order valence-electron chi connectivity index (χ0n) is 23.7. The van der Waals surface area contributed by atoms with Gasteiger partial charge in [-0.25, -0.2) is 4.39 Å². The Bertz CT molecular complexity index is 1450. The number of piperidine rings is 1. The smallest absolute Gasteiger partial charge is 0.257 e. The van der Waals surface area contributed by atoms with Crippen LogP contribution in [0.5, 0.6) is 0 Å². The van der Waals surface area contributed by atoms with Crippen LogP contribution in [0.3, 0.4) is 0 Å². The molecule has 2 aliphatic carbocycles. The first kappa shape index (κ1) is 29.0. The SMILES string of the molecule is Cc1cccc(F)c1C(=O)N1C2CCCC2CC(C(=O)Nc2ccc(Cl)c(Cl)c2)C1c1ccc(NC2CCCC2)cc1. The van der Waals surface area contributed by atoms with E-state index in [1.807, 2.05) is 29.2 Å². The molecular formula is C34H36Cl2FN3O2. The normalized spacial score (nSPS) is 24.0. The van der Waals surface area contributed by atoms with Gasteiger partial charge >= 0.3 is 0 Å². The summed E-state index contributed by atoms with van der Waals surface area (Å²) in [5.41, 5.74) is 3.11. The Hall–Kier alpha value is -3.09. The average Bonchev–Trinajstić information content (AvgIpc) is 3.66. The number of nitrogens with zero attached hydrogens (tertiary/aromatic N) is 1. The molecule has 0 bridgehead atoms. The molecule has 3 aromatic carbocycles. The molecule has 1 heterocycles. The number of rotatable bonds is 6. The predicted octanol–water partition coefficient (Wildman–Crippen LogP) is 8.81. The van der Waals surface area contributed by atoms with Crippen LogP contribution >= 0.6 is 23.2 Å². The molecule has 2 N–H and O–H groups in total. The fourth-order valence-electron chi connectivity index (χ4n) is 7.36. The van der Waals surface area contributed by atoms with Gasteiger partial charge in [-0.3, -0.25) is 9.59 Å². The second-order valence-electron chi connectivity index (χ2n) is 12.1. The van der Waals surface area contributed by atoms with E-state index in [2.05, 4.69) is 10.6 Å². The fraction of sp³-hybridized carbons (Fsp3) is 0.412. The molecule has 4 unspecified atom stereocenters. The first-order chi connectivity index (χ1) is 20.3. The standard InChI is InChI=1S/C34H36Cl2FN3O2/c1-20-6-4-10-29(37)31(20)34(42)40-30-11-5-7-22(30)18-26(33(41)39-25-16-17-27(35)28(36)19-25)32(40)21-12-14-24(15-13-21)38-23-8-2-3-9-23/h4,6,10,12-17,19,22-23,26,30,32,38H,2-3,5,7-9,11,18H2,1H3,(H,39,41). The van der Waals surface area contributed by atoms with Gasteiger partial charge in [-0.05, 0) is 92.5 Å². The van der Waals surface area contributed by atoms with Gasteiger partial charge in [-0.1, -0.05) is 66.7 Å². The van der Waals surface area contributed by atoms with Crippen molar-refractivity contribution in [2.24, 2.45) is 11.8 Å². The van der Waals surface area contributed by atoms with E-state index in [9.17, 15) is 9.59 Å². The molecule has 1 aliphatic heterocycles. The summed E-state index contributed by atoms with van der Waals surface area (Å²) in [5, 5.41) is 7.42. The van der Waals surface area contributed by atoms with Gasteiger partial charge in [0, 0.05) is 23.5 Å². The second-order valence-corrected chi connectivity index (χ2v) is 12.9. The van der Waals surface area contributed by atoms with E-state index in [1.54, 1.807) is 37.3 Å². The van der Waals surface area contributed by atoms with Crippen molar-refractivity contribution in [1.82, 2.24) is 4.90 Å². The van der Waals surface area contributed by atoms with Gasteiger partial charge in [0.05, 0.1) is 27.6 Å². The van der Waals surface area contributed by atoms with Crippen LogP contribution in [0.15, 0.2) is 60.7 Å². The highest BCUT2D eigenvalue weighted by Gasteiger charge is 2.50. The number of hydrogen-bond acceptors (Lipinski definition) is 3. The highest BCUT2D eigenvalue weighted by atomic mass is 35.5. The third kappa shape index (κ3) is 5.76. The van der Waals surface area contributed by atoms with Crippen LogP contribution in [0.25, 0.3) is 0 Å². The number of aryl methyl sites for hydroxylation is 1. The Morgan fingerprint density at radius 1 is 0.881 bits per heavy atom. The largest absolute Gasteiger partial charge is 0.382 e. The minimum atomic E-state index is -0.556. The molecule has 0 radical (unpaired) electrons. The van der Waals surface area contributed by atoms with Gasteiger partial charge < -0.3 is 15.5 Å². The maximum Gasteiger partial charge on any atom is 0.257 e. The summed E-state index contributed by atoms with van der Waals surface area (Å²) in [6.45, 7) is 1.76. The van der Waals surface area contributed by atoms with Gasteiger partial charge in [0.1, 0.15) is 5.82 Å². The third-order valence-electron chi connectivity index (χ3n) is 9.39. The zero-order valence-corrected chi connectivity index (χ0v) is 25.2. The molecule has 8 heteroatoms. The lowest BCUT2D eigenvalue weighted by Crippen LogP contribution is -2.54. The summed E-state index contributed by atoms with van der Waals surface area (Å²) >= 11 is 12.4. The van der Waals surface area contributed by atoms with E-state index in [1.165, 1.54) is 18.9 Å². The summed E-state index contributed by atoms with van der Waals surface area (Å²) in [6, 6.07) is 17.7. The van der Waals surface area contributed by atoms with Crippen molar-refractivity contribution in [1.29, 1.82) is 0 Å². The average molecular weight is 609 g/mol. The molecule has 4 atom stereocenters. The minimum absolute atomic E-state index is 0.0631. The molecular weight excluding hydrogens is 572 g/mol. The quantitative estimate of drug-likeness (QED) is 0.294. The Kier molecular flexibility index (Phi) is 8.46. The first-order valence-electron chi connectivity index (χ1n) is 15.0. The molecule has 3 aromatic rings. The van der Waals surface area contributed by atoms with Crippen LogP contribution in [0.1, 0.15) is 78.9 Å². The van der Waals surface area contributed by atoms with Crippen molar-refractivity contribution in [2.45, 2.75) is 76.4 Å². The highest BCUT2D eigenvalue weighted by molar-refractivity contribution is 6.42. The Balaban J connectivity index is 1.39. The summed E-state index contributed by atoms with van der Waals surface area (Å²) < 4.78 is 15.2. The topological polar surface area (TPSA) is 61.4 Å². The number of carbonyl (C=O) groups is 2. The number of hydrogen-bond donors (Lipinski definition) is 2. The maximum atomic E-state index is 15.2. The number of benzene rings is 3. The lowest BCUT2D eigenvalue weighted by Gasteiger charge is -2.48. The monoisotopic (exact) mass is 607 g/mol. The van der Waals surface area contributed by atoms with Crippen LogP contribution in [0.2, 0.25) is 10.0 Å². The van der Waals surface area contributed by atoms with Gasteiger partial charge in [0.15, 0.2) is 0 Å². The molecule has 2 saturated carbocycles. The minimum Gasteiger partial charge on any atom is -0.382 e. The lowest BCUT2D eigenvalue weighted by molar-refractivity contribution is -0.125.